The molecule has 0 saturated carbocycles. The minimum atomic E-state index is 0.181. The molecule has 1 N–H and O–H groups in total. The van der Waals surface area contributed by atoms with Crippen LogP contribution in [0.4, 0.5) is 0 Å². The molecular weight excluding hydrogens is 212 g/mol. The maximum absolute atomic E-state index is 12.4. The van der Waals surface area contributed by atoms with Crippen molar-refractivity contribution in [3.05, 3.63) is 35.4 Å². The van der Waals surface area contributed by atoms with E-state index in [2.05, 4.69) is 12.2 Å². The fourth-order valence-electron chi connectivity index (χ4n) is 2.39. The Kier molecular flexibility index (Phi) is 3.79. The van der Waals surface area contributed by atoms with E-state index >= 15 is 0 Å². The van der Waals surface area contributed by atoms with Gasteiger partial charge in [0, 0.05) is 24.7 Å². The molecule has 3 nitrogen and oxygen atoms in total. The lowest BCUT2D eigenvalue weighted by Gasteiger charge is -2.18. The number of carbonyl (C=O) groups excluding carboxylic acids is 1. The van der Waals surface area contributed by atoms with Crippen molar-refractivity contribution in [1.82, 2.24) is 10.2 Å². The van der Waals surface area contributed by atoms with Crippen LogP contribution in [0.1, 0.15) is 29.3 Å². The molecule has 1 heterocycles. The highest BCUT2D eigenvalue weighted by atomic mass is 16.2. The number of hydrogen-bond acceptors (Lipinski definition) is 2. The van der Waals surface area contributed by atoms with Crippen LogP contribution in [0.2, 0.25) is 0 Å². The van der Waals surface area contributed by atoms with Gasteiger partial charge in [-0.1, -0.05) is 25.1 Å². The van der Waals surface area contributed by atoms with E-state index in [9.17, 15) is 4.79 Å². The molecule has 2 rings (SSSR count). The molecule has 1 atom stereocenters. The Morgan fingerprint density at radius 3 is 2.88 bits per heavy atom. The van der Waals surface area contributed by atoms with E-state index in [4.69, 9.17) is 0 Å². The summed E-state index contributed by atoms with van der Waals surface area (Å²) in [6, 6.07) is 8.37. The molecule has 0 aromatic heterocycles. The smallest absolute Gasteiger partial charge is 0.254 e. The summed E-state index contributed by atoms with van der Waals surface area (Å²) in [5.74, 6) is 0.181. The molecule has 1 amide bonds. The highest BCUT2D eigenvalue weighted by Gasteiger charge is 2.26. The molecule has 0 radical (unpaired) electrons. The van der Waals surface area contributed by atoms with Crippen LogP contribution < -0.4 is 5.32 Å². The third kappa shape index (κ3) is 2.50. The highest BCUT2D eigenvalue weighted by molar-refractivity contribution is 5.95. The molecule has 1 aromatic rings. The van der Waals surface area contributed by atoms with Gasteiger partial charge in [-0.3, -0.25) is 4.79 Å². The van der Waals surface area contributed by atoms with Gasteiger partial charge in [0.15, 0.2) is 0 Å². The largest absolute Gasteiger partial charge is 0.337 e. The monoisotopic (exact) mass is 232 g/mol. The Bertz CT molecular complexity index is 403. The molecule has 0 bridgehead atoms. The summed E-state index contributed by atoms with van der Waals surface area (Å²) in [4.78, 5) is 14.3. The van der Waals surface area contributed by atoms with E-state index in [-0.39, 0.29) is 5.91 Å². The molecule has 3 heteroatoms. The summed E-state index contributed by atoms with van der Waals surface area (Å²) in [5, 5.41) is 3.23. The minimum Gasteiger partial charge on any atom is -0.337 e. The molecule has 0 spiro atoms. The third-order valence-electron chi connectivity index (χ3n) is 3.51. The molecule has 1 aliphatic heterocycles. The predicted octanol–water partition coefficient (Wildman–Crippen LogP) is 1.68. The number of hydrogen-bond donors (Lipinski definition) is 1. The predicted molar refractivity (Wildman–Crippen MR) is 69.2 cm³/mol. The van der Waals surface area contributed by atoms with Crippen molar-refractivity contribution in [2.45, 2.75) is 25.8 Å². The van der Waals surface area contributed by atoms with Crippen molar-refractivity contribution in [2.75, 3.05) is 20.1 Å². The number of aryl methyl sites for hydroxylation is 1. The van der Waals surface area contributed by atoms with Crippen LogP contribution in [-0.4, -0.2) is 37.0 Å². The standard InChI is InChI=1S/C14H20N2O/c1-3-11-6-4-5-7-13(11)14(17)16-9-8-12(10-16)15-2/h4-7,12,15H,3,8-10H2,1-2H3. The number of rotatable bonds is 3. The average Bonchev–Trinajstić information content (AvgIpc) is 2.86. The van der Waals surface area contributed by atoms with E-state index in [1.54, 1.807) is 0 Å². The van der Waals surface area contributed by atoms with Crippen molar-refractivity contribution in [2.24, 2.45) is 0 Å². The van der Waals surface area contributed by atoms with Crippen LogP contribution >= 0.6 is 0 Å². The number of likely N-dealkylation sites (tertiary alicyclic amines) is 1. The zero-order valence-electron chi connectivity index (χ0n) is 10.6. The normalized spacial score (nSPS) is 19.6. The molecule has 17 heavy (non-hydrogen) atoms. The number of nitrogens with zero attached hydrogens (tertiary/aromatic N) is 1. The van der Waals surface area contributed by atoms with Gasteiger partial charge in [0.1, 0.15) is 0 Å². The van der Waals surface area contributed by atoms with E-state index < -0.39 is 0 Å². The first-order chi connectivity index (χ1) is 8.26. The average molecular weight is 232 g/mol. The quantitative estimate of drug-likeness (QED) is 0.860. The summed E-state index contributed by atoms with van der Waals surface area (Å²) in [5.41, 5.74) is 2.01. The molecule has 0 aliphatic carbocycles. The molecular formula is C14H20N2O. The molecule has 1 aliphatic rings. The second-order valence-electron chi connectivity index (χ2n) is 4.54. The minimum absolute atomic E-state index is 0.181. The Morgan fingerprint density at radius 1 is 1.47 bits per heavy atom. The summed E-state index contributed by atoms with van der Waals surface area (Å²) < 4.78 is 0. The highest BCUT2D eigenvalue weighted by Crippen LogP contribution is 2.16. The van der Waals surface area contributed by atoms with Crippen LogP contribution in [0.3, 0.4) is 0 Å². The second kappa shape index (κ2) is 5.32. The maximum Gasteiger partial charge on any atom is 0.254 e. The zero-order valence-corrected chi connectivity index (χ0v) is 10.6. The van der Waals surface area contributed by atoms with E-state index in [0.717, 1.165) is 37.1 Å². The number of carbonyl (C=O) groups is 1. The first-order valence-corrected chi connectivity index (χ1v) is 6.30. The van der Waals surface area contributed by atoms with Crippen molar-refractivity contribution < 1.29 is 4.79 Å². The zero-order chi connectivity index (χ0) is 12.3. The van der Waals surface area contributed by atoms with Crippen LogP contribution in [0.15, 0.2) is 24.3 Å². The summed E-state index contributed by atoms with van der Waals surface area (Å²) in [7, 11) is 1.96. The van der Waals surface area contributed by atoms with Crippen molar-refractivity contribution in [1.29, 1.82) is 0 Å². The van der Waals surface area contributed by atoms with Gasteiger partial charge < -0.3 is 10.2 Å². The van der Waals surface area contributed by atoms with E-state index in [0.29, 0.717) is 6.04 Å². The Labute approximate surface area is 103 Å². The van der Waals surface area contributed by atoms with E-state index in [1.165, 1.54) is 0 Å². The van der Waals surface area contributed by atoms with Gasteiger partial charge in [0.05, 0.1) is 0 Å². The lowest BCUT2D eigenvalue weighted by Crippen LogP contribution is -2.33. The van der Waals surface area contributed by atoms with Crippen molar-refractivity contribution in [3.8, 4) is 0 Å². The maximum atomic E-state index is 12.4. The molecule has 1 saturated heterocycles. The van der Waals surface area contributed by atoms with Gasteiger partial charge in [0.2, 0.25) is 0 Å². The fraction of sp³-hybridized carbons (Fsp3) is 0.500. The number of nitrogens with one attached hydrogen (secondary N) is 1. The molecule has 1 fully saturated rings. The van der Waals surface area contributed by atoms with Crippen LogP contribution in [0, 0.1) is 0 Å². The second-order valence-corrected chi connectivity index (χ2v) is 4.54. The number of amides is 1. The SMILES string of the molecule is CCc1ccccc1C(=O)N1CCC(NC)C1. The van der Waals surface area contributed by atoms with E-state index in [1.807, 2.05) is 36.2 Å². The third-order valence-corrected chi connectivity index (χ3v) is 3.51. The summed E-state index contributed by atoms with van der Waals surface area (Å²) in [6.45, 7) is 3.78. The first-order valence-electron chi connectivity index (χ1n) is 6.30. The number of likely N-dealkylation sites (N-methyl/N-ethyl adjacent to an activating group) is 1. The molecule has 92 valence electrons. The lowest BCUT2D eigenvalue weighted by molar-refractivity contribution is 0.0788. The Morgan fingerprint density at radius 2 is 2.24 bits per heavy atom. The molecule has 1 unspecified atom stereocenters. The lowest BCUT2D eigenvalue weighted by atomic mass is 10.0. The Balaban J connectivity index is 2.15. The first kappa shape index (κ1) is 12.1. The van der Waals surface area contributed by atoms with Crippen LogP contribution in [0.25, 0.3) is 0 Å². The summed E-state index contributed by atoms with van der Waals surface area (Å²) in [6.07, 6.45) is 1.96. The van der Waals surface area contributed by atoms with Gasteiger partial charge in [-0.15, -0.1) is 0 Å². The van der Waals surface area contributed by atoms with Gasteiger partial charge >= 0.3 is 0 Å². The van der Waals surface area contributed by atoms with Crippen LogP contribution in [0.5, 0.6) is 0 Å². The number of benzene rings is 1. The van der Waals surface area contributed by atoms with Gasteiger partial charge in [0.25, 0.3) is 5.91 Å². The Hall–Kier alpha value is -1.35. The van der Waals surface area contributed by atoms with Gasteiger partial charge in [-0.25, -0.2) is 0 Å². The van der Waals surface area contributed by atoms with Crippen molar-refractivity contribution in [3.63, 3.8) is 0 Å². The van der Waals surface area contributed by atoms with Gasteiger partial charge in [-0.2, -0.15) is 0 Å². The van der Waals surface area contributed by atoms with Crippen molar-refractivity contribution >= 4 is 5.91 Å². The summed E-state index contributed by atoms with van der Waals surface area (Å²) >= 11 is 0. The molecule has 1 aromatic carbocycles. The topological polar surface area (TPSA) is 32.3 Å². The van der Waals surface area contributed by atoms with Gasteiger partial charge in [-0.05, 0) is 31.5 Å². The van der Waals surface area contributed by atoms with Crippen LogP contribution in [-0.2, 0) is 6.42 Å². The fourth-order valence-corrected chi connectivity index (χ4v) is 2.39.